The number of ether oxygens (including phenoxy) is 3. The Labute approximate surface area is 509 Å². The van der Waals surface area contributed by atoms with E-state index in [0.717, 1.165) is 109 Å². The van der Waals surface area contributed by atoms with Gasteiger partial charge in [-0.05, 0) is 77.0 Å². The number of carbonyl (C=O) groups excluding carboxylic acids is 3. The molecule has 474 valence electrons. The summed E-state index contributed by atoms with van der Waals surface area (Å²) >= 11 is 0. The molecule has 0 amide bonds. The molecule has 0 aromatic rings. The van der Waals surface area contributed by atoms with Gasteiger partial charge in [0.25, 0.3) is 0 Å². The van der Waals surface area contributed by atoms with Crippen molar-refractivity contribution < 1.29 is 28.6 Å². The number of carbonyl (C=O) groups is 3. The van der Waals surface area contributed by atoms with E-state index in [1.165, 1.54) is 212 Å². The monoisotopic (exact) mass is 1140 g/mol. The topological polar surface area (TPSA) is 78.9 Å². The van der Waals surface area contributed by atoms with Crippen LogP contribution in [0.5, 0.6) is 0 Å². The normalized spacial score (nSPS) is 12.6. The van der Waals surface area contributed by atoms with Gasteiger partial charge in [0.1, 0.15) is 13.2 Å². The van der Waals surface area contributed by atoms with Crippen molar-refractivity contribution in [2.24, 2.45) is 0 Å². The van der Waals surface area contributed by atoms with Gasteiger partial charge in [-0.2, -0.15) is 0 Å². The highest BCUT2D eigenvalue weighted by atomic mass is 16.6. The van der Waals surface area contributed by atoms with Gasteiger partial charge in [-0.25, -0.2) is 0 Å². The zero-order valence-corrected chi connectivity index (χ0v) is 54.5. The number of unbranched alkanes of at least 4 members (excludes halogenated alkanes) is 40. The van der Waals surface area contributed by atoms with E-state index in [9.17, 15) is 14.4 Å². The Morgan fingerprint density at radius 2 is 0.476 bits per heavy atom. The van der Waals surface area contributed by atoms with Crippen molar-refractivity contribution in [2.75, 3.05) is 13.2 Å². The fourth-order valence-electron chi connectivity index (χ4n) is 10.4. The van der Waals surface area contributed by atoms with Crippen LogP contribution in [0.25, 0.3) is 0 Å². The van der Waals surface area contributed by atoms with E-state index in [-0.39, 0.29) is 31.1 Å². The maximum Gasteiger partial charge on any atom is 0.306 e. The molecule has 0 bridgehead atoms. The van der Waals surface area contributed by atoms with Gasteiger partial charge in [0.2, 0.25) is 0 Å². The van der Waals surface area contributed by atoms with E-state index in [2.05, 4.69) is 106 Å². The Hall–Kier alpha value is -3.41. The maximum atomic E-state index is 12.9. The highest BCUT2D eigenvalue weighted by molar-refractivity contribution is 5.71. The molecule has 0 heterocycles. The van der Waals surface area contributed by atoms with Gasteiger partial charge in [-0.3, -0.25) is 14.4 Å². The van der Waals surface area contributed by atoms with Gasteiger partial charge in [0.05, 0.1) is 0 Å². The van der Waals surface area contributed by atoms with Gasteiger partial charge in [-0.1, -0.05) is 350 Å². The van der Waals surface area contributed by atoms with Crippen LogP contribution in [0.2, 0.25) is 0 Å². The quantitative estimate of drug-likeness (QED) is 0.0261. The minimum atomic E-state index is -0.792. The van der Waals surface area contributed by atoms with Crippen LogP contribution in [0, 0.1) is 0 Å². The summed E-state index contributed by atoms with van der Waals surface area (Å²) in [7, 11) is 0. The Bertz CT molecular complexity index is 1550. The van der Waals surface area contributed by atoms with Crippen LogP contribution in [0.1, 0.15) is 361 Å². The average molecular weight is 1140 g/mol. The molecule has 6 nitrogen and oxygen atoms in total. The fraction of sp³-hybridized carbons (Fsp3) is 0.776. The smallest absolute Gasteiger partial charge is 0.306 e. The summed E-state index contributed by atoms with van der Waals surface area (Å²) < 4.78 is 16.8. The van der Waals surface area contributed by atoms with E-state index >= 15 is 0 Å². The average Bonchev–Trinajstić information content (AvgIpc) is 3.48. The molecule has 0 aliphatic heterocycles. The molecule has 82 heavy (non-hydrogen) atoms. The highest BCUT2D eigenvalue weighted by Gasteiger charge is 2.19. The van der Waals surface area contributed by atoms with E-state index in [1.54, 1.807) is 0 Å². The molecule has 0 spiro atoms. The minimum absolute atomic E-state index is 0.0868. The number of allylic oxidation sites excluding steroid dienone is 14. The van der Waals surface area contributed by atoms with Gasteiger partial charge in [0, 0.05) is 19.3 Å². The molecule has 1 atom stereocenters. The number of hydrogen-bond donors (Lipinski definition) is 0. The molecule has 0 aliphatic carbocycles. The van der Waals surface area contributed by atoms with Crippen molar-refractivity contribution in [3.63, 3.8) is 0 Å². The van der Waals surface area contributed by atoms with Gasteiger partial charge in [0.15, 0.2) is 6.10 Å². The lowest BCUT2D eigenvalue weighted by Gasteiger charge is -2.18. The summed E-state index contributed by atoms with van der Waals surface area (Å²) in [6.45, 7) is 6.50. The van der Waals surface area contributed by atoms with Crippen molar-refractivity contribution in [3.8, 4) is 0 Å². The molecule has 0 fully saturated rings. The van der Waals surface area contributed by atoms with Crippen molar-refractivity contribution in [2.45, 2.75) is 367 Å². The molecule has 6 heteroatoms. The molecule has 1 unspecified atom stereocenters. The summed E-state index contributed by atoms with van der Waals surface area (Å²) in [6, 6.07) is 0. The molecule has 0 N–H and O–H groups in total. The molecule has 0 saturated carbocycles. The minimum Gasteiger partial charge on any atom is -0.462 e. The third kappa shape index (κ3) is 67.4. The maximum absolute atomic E-state index is 12.9. The van der Waals surface area contributed by atoms with E-state index in [4.69, 9.17) is 14.2 Å². The Morgan fingerprint density at radius 1 is 0.256 bits per heavy atom. The van der Waals surface area contributed by atoms with Crippen LogP contribution in [-0.4, -0.2) is 37.2 Å². The predicted octanol–water partition coefficient (Wildman–Crippen LogP) is 24.6. The summed E-state index contributed by atoms with van der Waals surface area (Å²) in [6.07, 6.45) is 93.7. The second kappa shape index (κ2) is 70.1. The largest absolute Gasteiger partial charge is 0.462 e. The van der Waals surface area contributed by atoms with E-state index in [1.807, 2.05) is 0 Å². The number of esters is 3. The first-order valence-electron chi connectivity index (χ1n) is 35.6. The van der Waals surface area contributed by atoms with Gasteiger partial charge >= 0.3 is 17.9 Å². The molecule has 0 aromatic heterocycles. The number of rotatable bonds is 65. The second-order valence-corrected chi connectivity index (χ2v) is 23.8. The molecule has 0 radical (unpaired) electrons. The summed E-state index contributed by atoms with van der Waals surface area (Å²) in [5.74, 6) is -0.912. The SMILES string of the molecule is CC/C=C\C/C=C\C/C=C\C/C=C\C/C=C\C/C=C\C/C=C\CCCCCC(=O)OC(COC(=O)CCCCCCCCC)COC(=O)CCCCCCCCCCCCCCCCCCCCCCCCCCCCCCCCCC. The lowest BCUT2D eigenvalue weighted by Crippen LogP contribution is -2.30. The third-order valence-electron chi connectivity index (χ3n) is 15.7. The Morgan fingerprint density at radius 3 is 0.744 bits per heavy atom. The van der Waals surface area contributed by atoms with Crippen LogP contribution < -0.4 is 0 Å². The highest BCUT2D eigenvalue weighted by Crippen LogP contribution is 2.18. The van der Waals surface area contributed by atoms with Gasteiger partial charge < -0.3 is 14.2 Å². The first-order valence-corrected chi connectivity index (χ1v) is 35.6. The van der Waals surface area contributed by atoms with Crippen LogP contribution in [0.15, 0.2) is 85.1 Å². The molecule has 0 saturated heterocycles. The zero-order valence-electron chi connectivity index (χ0n) is 54.5. The molecule has 0 rings (SSSR count). The Kier molecular flexibility index (Phi) is 67.2. The lowest BCUT2D eigenvalue weighted by atomic mass is 10.0. The molecular weight excluding hydrogens is 1010 g/mol. The van der Waals surface area contributed by atoms with Crippen molar-refractivity contribution in [1.82, 2.24) is 0 Å². The second-order valence-electron chi connectivity index (χ2n) is 23.8. The zero-order chi connectivity index (χ0) is 59.2. The standard InChI is InChI=1S/C76H134O6/c1-4-7-10-13-16-18-20-22-24-26-28-30-32-34-35-36-37-38-39-40-42-43-45-47-49-51-53-55-57-60-63-66-69-75(78)81-72-73(71-80-74(77)68-65-62-59-15-12-9-6-3)82-76(79)70-67-64-61-58-56-54-52-50-48-46-44-41-33-31-29-27-25-23-21-19-17-14-11-8-5-2/h8,11,17,19,23,25,29,31,41,44,48,50,54,56,73H,4-7,9-10,12-16,18,20-22,24,26-28,30,32-40,42-43,45-47,49,51-53,55,57-72H2,1-3H3/b11-8-,19-17-,25-23-,31-29-,44-41-,50-48-,56-54-. The predicted molar refractivity (Wildman–Crippen MR) is 358 cm³/mol. The summed E-state index contributed by atoms with van der Waals surface area (Å²) in [5.41, 5.74) is 0. The summed E-state index contributed by atoms with van der Waals surface area (Å²) in [5, 5.41) is 0. The third-order valence-corrected chi connectivity index (χ3v) is 15.7. The molecule has 0 aromatic carbocycles. The van der Waals surface area contributed by atoms with Crippen molar-refractivity contribution >= 4 is 17.9 Å². The first-order chi connectivity index (χ1) is 40.5. The first kappa shape index (κ1) is 78.6. The van der Waals surface area contributed by atoms with Crippen molar-refractivity contribution in [1.29, 1.82) is 0 Å². The fourth-order valence-corrected chi connectivity index (χ4v) is 10.4. The van der Waals surface area contributed by atoms with Gasteiger partial charge in [-0.15, -0.1) is 0 Å². The van der Waals surface area contributed by atoms with Crippen LogP contribution in [-0.2, 0) is 28.6 Å². The van der Waals surface area contributed by atoms with E-state index < -0.39 is 6.10 Å². The van der Waals surface area contributed by atoms with E-state index in [0.29, 0.717) is 19.3 Å². The molecule has 0 aliphatic rings. The van der Waals surface area contributed by atoms with Crippen LogP contribution >= 0.6 is 0 Å². The van der Waals surface area contributed by atoms with Crippen molar-refractivity contribution in [3.05, 3.63) is 85.1 Å². The summed E-state index contributed by atoms with van der Waals surface area (Å²) in [4.78, 5) is 38.2. The lowest BCUT2D eigenvalue weighted by molar-refractivity contribution is -0.167. The Balaban J connectivity index is 4.08. The van der Waals surface area contributed by atoms with Crippen LogP contribution in [0.3, 0.4) is 0 Å². The number of hydrogen-bond acceptors (Lipinski definition) is 6. The van der Waals surface area contributed by atoms with Crippen LogP contribution in [0.4, 0.5) is 0 Å². The molecular formula is C76H134O6.